The number of amides is 1. The van der Waals surface area contributed by atoms with Crippen molar-refractivity contribution in [2.75, 3.05) is 0 Å². The lowest BCUT2D eigenvalue weighted by Gasteiger charge is -2.08. The molecule has 0 saturated carbocycles. The van der Waals surface area contributed by atoms with Crippen LogP contribution in [0.2, 0.25) is 15.2 Å². The van der Waals surface area contributed by atoms with Gasteiger partial charge in [-0.25, -0.2) is 15.1 Å². The van der Waals surface area contributed by atoms with Crippen molar-refractivity contribution in [1.82, 2.24) is 24.6 Å². The van der Waals surface area contributed by atoms with E-state index in [9.17, 15) is 4.79 Å². The molecule has 0 atom stereocenters. The maximum Gasteiger partial charge on any atom is 0.246 e. The van der Waals surface area contributed by atoms with E-state index >= 15 is 0 Å². The highest BCUT2D eigenvalue weighted by molar-refractivity contribution is 7.15. The van der Waals surface area contributed by atoms with E-state index in [1.54, 1.807) is 29.8 Å². The maximum absolute atomic E-state index is 12.1. The number of benzene rings is 1. The number of carbonyl (C=O) groups is 1. The summed E-state index contributed by atoms with van der Waals surface area (Å²) in [5.41, 5.74) is 5.16. The number of aryl methyl sites for hydroxylation is 1. The average molecular weight is 482 g/mol. The molecule has 0 bridgehead atoms. The molecule has 0 aliphatic carbocycles. The molecular weight excluding hydrogens is 467 g/mol. The fourth-order valence-electron chi connectivity index (χ4n) is 2.89. The number of hydrazone groups is 1. The minimum Gasteiger partial charge on any atom is -0.297 e. The molecule has 1 N–H and O–H groups in total. The van der Waals surface area contributed by atoms with Crippen molar-refractivity contribution >= 4 is 63.2 Å². The lowest BCUT2D eigenvalue weighted by Crippen LogP contribution is -2.20. The number of imidazole rings is 1. The van der Waals surface area contributed by atoms with Crippen molar-refractivity contribution in [2.45, 2.75) is 19.9 Å². The molecule has 0 fully saturated rings. The molecule has 1 aromatic carbocycles. The van der Waals surface area contributed by atoms with Gasteiger partial charge in [0.1, 0.15) is 5.15 Å². The Morgan fingerprint density at radius 1 is 1.30 bits per heavy atom. The Balaban J connectivity index is 1.43. The Kier molecular flexibility index (Phi) is 6.10. The second-order valence-electron chi connectivity index (χ2n) is 6.44. The highest BCUT2D eigenvalue weighted by atomic mass is 35.5. The van der Waals surface area contributed by atoms with E-state index in [4.69, 9.17) is 34.8 Å². The van der Waals surface area contributed by atoms with E-state index in [1.807, 2.05) is 22.2 Å². The molecule has 30 heavy (non-hydrogen) atoms. The van der Waals surface area contributed by atoms with Gasteiger partial charge in [-0.3, -0.25) is 9.20 Å². The van der Waals surface area contributed by atoms with E-state index < -0.39 is 0 Å². The number of rotatable bonds is 6. The van der Waals surface area contributed by atoms with Crippen LogP contribution in [-0.2, 0) is 17.8 Å². The van der Waals surface area contributed by atoms with Crippen LogP contribution in [0.1, 0.15) is 22.5 Å². The molecule has 3 heterocycles. The van der Waals surface area contributed by atoms with E-state index in [2.05, 4.69) is 20.6 Å². The molecule has 4 rings (SSSR count). The predicted molar refractivity (Wildman–Crippen MR) is 120 cm³/mol. The maximum atomic E-state index is 12.1. The summed E-state index contributed by atoms with van der Waals surface area (Å²) in [7, 11) is 0. The molecule has 0 radical (unpaired) electrons. The minimum absolute atomic E-state index is 0.128. The normalized spacial score (nSPS) is 11.6. The van der Waals surface area contributed by atoms with Crippen LogP contribution >= 0.6 is 46.1 Å². The van der Waals surface area contributed by atoms with E-state index in [0.29, 0.717) is 38.7 Å². The lowest BCUT2D eigenvalue weighted by atomic mass is 10.2. The number of aromatic nitrogens is 4. The van der Waals surface area contributed by atoms with Crippen LogP contribution in [0.25, 0.3) is 4.96 Å². The fourth-order valence-corrected chi connectivity index (χ4v) is 4.40. The van der Waals surface area contributed by atoms with Crippen LogP contribution in [0.4, 0.5) is 0 Å². The van der Waals surface area contributed by atoms with Gasteiger partial charge in [0, 0.05) is 33.4 Å². The van der Waals surface area contributed by atoms with Gasteiger partial charge in [0.15, 0.2) is 4.96 Å². The van der Waals surface area contributed by atoms with Crippen LogP contribution in [0.15, 0.2) is 41.1 Å². The summed E-state index contributed by atoms with van der Waals surface area (Å²) in [6.45, 7) is 2.12. The number of nitrogens with one attached hydrogen (secondary N) is 1. The quantitative estimate of drug-likeness (QED) is 0.323. The van der Waals surface area contributed by atoms with Crippen LogP contribution in [-0.4, -0.2) is 31.3 Å². The number of hydrogen-bond donors (Lipinski definition) is 1. The number of hydrogen-bond acceptors (Lipinski definition) is 5. The Labute approximate surface area is 190 Å². The highest BCUT2D eigenvalue weighted by Gasteiger charge is 2.15. The summed E-state index contributed by atoms with van der Waals surface area (Å²) in [5, 5.41) is 11.8. The van der Waals surface area contributed by atoms with Crippen molar-refractivity contribution < 1.29 is 4.79 Å². The Bertz CT molecular complexity index is 1210. The van der Waals surface area contributed by atoms with Crippen molar-refractivity contribution in [3.05, 3.63) is 73.7 Å². The van der Waals surface area contributed by atoms with Crippen molar-refractivity contribution in [1.29, 1.82) is 0 Å². The van der Waals surface area contributed by atoms with Gasteiger partial charge in [0.05, 0.1) is 36.1 Å². The van der Waals surface area contributed by atoms with Crippen LogP contribution in [0.5, 0.6) is 0 Å². The Hall–Kier alpha value is -2.39. The van der Waals surface area contributed by atoms with Gasteiger partial charge in [-0.15, -0.1) is 11.3 Å². The van der Waals surface area contributed by atoms with Crippen molar-refractivity contribution in [3.8, 4) is 0 Å². The largest absolute Gasteiger partial charge is 0.297 e. The first-order valence-electron chi connectivity index (χ1n) is 8.81. The van der Waals surface area contributed by atoms with Gasteiger partial charge >= 0.3 is 0 Å². The Morgan fingerprint density at radius 3 is 2.80 bits per heavy atom. The Morgan fingerprint density at radius 2 is 2.07 bits per heavy atom. The summed E-state index contributed by atoms with van der Waals surface area (Å²) in [5.74, 6) is -0.277. The zero-order valence-corrected chi connectivity index (χ0v) is 18.7. The minimum atomic E-state index is -0.277. The lowest BCUT2D eigenvalue weighted by molar-refractivity contribution is -0.120. The summed E-state index contributed by atoms with van der Waals surface area (Å²) in [6.07, 6.45) is 5.31. The van der Waals surface area contributed by atoms with E-state index in [1.165, 1.54) is 17.6 Å². The second kappa shape index (κ2) is 8.77. The van der Waals surface area contributed by atoms with Crippen molar-refractivity contribution in [2.24, 2.45) is 5.10 Å². The van der Waals surface area contributed by atoms with Crippen molar-refractivity contribution in [3.63, 3.8) is 0 Å². The predicted octanol–water partition coefficient (Wildman–Crippen LogP) is 4.60. The van der Waals surface area contributed by atoms with Gasteiger partial charge in [0.2, 0.25) is 5.91 Å². The summed E-state index contributed by atoms with van der Waals surface area (Å²) >= 11 is 20.4. The molecular formula is C19H15Cl3N6OS. The SMILES string of the molecule is Cc1nn(Cc2c(Cl)cccc2Cl)c(Cl)c1C=NNC(=O)Cc1cn2ccsc2n1. The third-order valence-electron chi connectivity index (χ3n) is 4.35. The fraction of sp³-hybridized carbons (Fsp3) is 0.158. The third kappa shape index (κ3) is 4.37. The standard InChI is InChI=1S/C19H15Cl3N6OS/c1-11-13(18(22)28(26-11)10-14-15(20)3-2-4-16(14)21)8-23-25-17(29)7-12-9-27-5-6-30-19(27)24-12/h2-6,8-9H,7,10H2,1H3,(H,25,29). The molecule has 11 heteroatoms. The molecule has 0 unspecified atom stereocenters. The van der Waals surface area contributed by atoms with Crippen LogP contribution in [0, 0.1) is 6.92 Å². The molecule has 1 amide bonds. The number of thiazole rings is 1. The van der Waals surface area contributed by atoms with Crippen LogP contribution in [0.3, 0.4) is 0 Å². The first-order valence-corrected chi connectivity index (χ1v) is 10.8. The first kappa shape index (κ1) is 20.9. The molecule has 0 saturated heterocycles. The number of fused-ring (bicyclic) bond motifs is 1. The summed E-state index contributed by atoms with van der Waals surface area (Å²) in [6, 6.07) is 5.29. The molecule has 154 valence electrons. The molecule has 3 aromatic heterocycles. The van der Waals surface area contributed by atoms with E-state index in [0.717, 1.165) is 10.5 Å². The molecule has 4 aromatic rings. The van der Waals surface area contributed by atoms with Gasteiger partial charge < -0.3 is 0 Å². The highest BCUT2D eigenvalue weighted by Crippen LogP contribution is 2.27. The van der Waals surface area contributed by atoms with E-state index in [-0.39, 0.29) is 12.3 Å². The number of nitrogens with zero attached hydrogens (tertiary/aromatic N) is 5. The molecule has 7 nitrogen and oxygen atoms in total. The van der Waals surface area contributed by atoms with Gasteiger partial charge in [-0.1, -0.05) is 40.9 Å². The number of carbonyl (C=O) groups excluding carboxylic acids is 1. The summed E-state index contributed by atoms with van der Waals surface area (Å²) < 4.78 is 3.46. The third-order valence-corrected chi connectivity index (χ3v) is 6.22. The summed E-state index contributed by atoms with van der Waals surface area (Å²) in [4.78, 5) is 17.4. The average Bonchev–Trinajstić information content (AvgIpc) is 3.34. The number of halogens is 3. The molecule has 0 spiro atoms. The monoisotopic (exact) mass is 480 g/mol. The first-order chi connectivity index (χ1) is 14.4. The topological polar surface area (TPSA) is 76.6 Å². The van der Waals surface area contributed by atoms with Gasteiger partial charge in [-0.2, -0.15) is 10.2 Å². The smallest absolute Gasteiger partial charge is 0.246 e. The van der Waals surface area contributed by atoms with Gasteiger partial charge in [-0.05, 0) is 19.1 Å². The second-order valence-corrected chi connectivity index (χ2v) is 8.49. The molecule has 0 aliphatic heterocycles. The zero-order chi connectivity index (χ0) is 21.3. The zero-order valence-electron chi connectivity index (χ0n) is 15.6. The van der Waals surface area contributed by atoms with Crippen LogP contribution < -0.4 is 5.43 Å². The van der Waals surface area contributed by atoms with Gasteiger partial charge in [0.25, 0.3) is 0 Å². The molecule has 0 aliphatic rings.